The van der Waals surface area contributed by atoms with Crippen LogP contribution in [0.4, 0.5) is 5.69 Å². The maximum atomic E-state index is 12.2. The van der Waals surface area contributed by atoms with Crippen LogP contribution in [-0.4, -0.2) is 41.1 Å². The molecule has 2 heterocycles. The second kappa shape index (κ2) is 9.54. The highest BCUT2D eigenvalue weighted by Crippen LogP contribution is 2.15. The molecule has 9 heteroatoms. The second-order valence-electron chi connectivity index (χ2n) is 6.55. The Balaban J connectivity index is 1.37. The van der Waals surface area contributed by atoms with Gasteiger partial charge in [0.05, 0.1) is 0 Å². The molecule has 1 fully saturated rings. The van der Waals surface area contributed by atoms with Crippen LogP contribution in [-0.2, 0) is 11.2 Å². The lowest BCUT2D eigenvalue weighted by Crippen LogP contribution is -2.35. The summed E-state index contributed by atoms with van der Waals surface area (Å²) in [5.41, 5.74) is 6.95. The number of para-hydroxylation sites is 1. The minimum absolute atomic E-state index is 0.0423. The molecule has 0 aliphatic carbocycles. The Morgan fingerprint density at radius 2 is 2.07 bits per heavy atom. The average molecular weight is 388 g/mol. The van der Waals surface area contributed by atoms with Crippen molar-refractivity contribution in [3.05, 3.63) is 40.3 Å². The minimum Gasteiger partial charge on any atom is -0.356 e. The Labute approximate surface area is 162 Å². The number of hydrogen-bond acceptors (Lipinski definition) is 7. The number of carbonyl (C=O) groups excluding carboxylic acids is 2. The van der Waals surface area contributed by atoms with Crippen molar-refractivity contribution in [3.8, 4) is 0 Å². The lowest BCUT2D eigenvalue weighted by Gasteiger charge is -2.14. The number of nitrogens with zero attached hydrogens (tertiary/aromatic N) is 2. The molecule has 144 valence electrons. The van der Waals surface area contributed by atoms with Crippen LogP contribution in [0, 0.1) is 5.92 Å². The summed E-state index contributed by atoms with van der Waals surface area (Å²) in [6.07, 6.45) is 1.75. The highest BCUT2D eigenvalue weighted by molar-refractivity contribution is 7.13. The summed E-state index contributed by atoms with van der Waals surface area (Å²) in [4.78, 5) is 24.1. The zero-order chi connectivity index (χ0) is 19.1. The molecule has 4 N–H and O–H groups in total. The number of rotatable bonds is 8. The predicted molar refractivity (Wildman–Crippen MR) is 104 cm³/mol. The fraction of sp³-hybridized carbons (Fsp3) is 0.444. The van der Waals surface area contributed by atoms with Gasteiger partial charge in [-0.05, 0) is 25.5 Å². The summed E-state index contributed by atoms with van der Waals surface area (Å²) in [5, 5.41) is 14.9. The third-order valence-corrected chi connectivity index (χ3v) is 5.43. The van der Waals surface area contributed by atoms with E-state index in [1.807, 2.05) is 30.3 Å². The molecule has 0 bridgehead atoms. The maximum absolute atomic E-state index is 12.2. The summed E-state index contributed by atoms with van der Waals surface area (Å²) in [7, 11) is 0. The van der Waals surface area contributed by atoms with Crippen molar-refractivity contribution in [2.45, 2.75) is 32.2 Å². The van der Waals surface area contributed by atoms with Crippen molar-refractivity contribution < 1.29 is 9.59 Å². The Kier molecular flexibility index (Phi) is 6.86. The van der Waals surface area contributed by atoms with Crippen molar-refractivity contribution in [3.63, 3.8) is 0 Å². The molecule has 3 rings (SSSR count). The van der Waals surface area contributed by atoms with Gasteiger partial charge >= 0.3 is 0 Å². The van der Waals surface area contributed by atoms with E-state index in [4.69, 9.17) is 0 Å². The van der Waals surface area contributed by atoms with E-state index in [0.29, 0.717) is 42.8 Å². The van der Waals surface area contributed by atoms with Crippen LogP contribution in [0.3, 0.4) is 0 Å². The Morgan fingerprint density at radius 1 is 1.26 bits per heavy atom. The smallest absolute Gasteiger partial charge is 0.286 e. The molecule has 1 aliphatic heterocycles. The third-order valence-electron chi connectivity index (χ3n) is 4.45. The molecular formula is C18H24N6O2S. The van der Waals surface area contributed by atoms with Crippen molar-refractivity contribution in [1.29, 1.82) is 0 Å². The molecule has 8 nitrogen and oxygen atoms in total. The fourth-order valence-corrected chi connectivity index (χ4v) is 3.56. The Bertz CT molecular complexity index is 766. The predicted octanol–water partition coefficient (Wildman–Crippen LogP) is 1.34. The lowest BCUT2D eigenvalue weighted by atomic mass is 10.0. The molecule has 2 atom stereocenters. The Morgan fingerprint density at radius 3 is 2.81 bits per heavy atom. The van der Waals surface area contributed by atoms with E-state index in [2.05, 4.69) is 38.6 Å². The largest absolute Gasteiger partial charge is 0.356 e. The molecular weight excluding hydrogens is 364 g/mol. The van der Waals surface area contributed by atoms with E-state index >= 15 is 0 Å². The molecule has 1 saturated heterocycles. The van der Waals surface area contributed by atoms with E-state index in [-0.39, 0.29) is 11.8 Å². The van der Waals surface area contributed by atoms with Gasteiger partial charge in [-0.15, -0.1) is 10.2 Å². The standard InChI is InChI=1S/C18H24N6O2S/c1-12-13(11-20-22-12)10-19-15(25)8-5-9-16-23-24-18(27-16)17(26)21-14-6-3-2-4-7-14/h2-4,6-7,12-13,20,22H,5,8-11H2,1H3,(H,19,25)(H,21,26). The quantitative estimate of drug-likeness (QED) is 0.544. The number of nitrogens with one attached hydrogen (secondary N) is 4. The van der Waals surface area contributed by atoms with Crippen LogP contribution in [0.1, 0.15) is 34.6 Å². The van der Waals surface area contributed by atoms with Gasteiger partial charge in [0.25, 0.3) is 5.91 Å². The highest BCUT2D eigenvalue weighted by Gasteiger charge is 2.22. The minimum atomic E-state index is -0.268. The van der Waals surface area contributed by atoms with Gasteiger partial charge in [-0.1, -0.05) is 29.5 Å². The molecule has 2 aromatic rings. The summed E-state index contributed by atoms with van der Waals surface area (Å²) >= 11 is 1.26. The number of amides is 2. The summed E-state index contributed by atoms with van der Waals surface area (Å²) < 4.78 is 0. The normalized spacial score (nSPS) is 19.0. The van der Waals surface area contributed by atoms with Crippen molar-refractivity contribution in [1.82, 2.24) is 26.4 Å². The van der Waals surface area contributed by atoms with E-state index in [9.17, 15) is 9.59 Å². The number of anilines is 1. The van der Waals surface area contributed by atoms with E-state index < -0.39 is 0 Å². The van der Waals surface area contributed by atoms with Gasteiger partial charge in [-0.3, -0.25) is 20.4 Å². The zero-order valence-corrected chi connectivity index (χ0v) is 16.0. The molecule has 1 aromatic carbocycles. The molecule has 0 spiro atoms. The number of aryl methyl sites for hydroxylation is 1. The monoisotopic (exact) mass is 388 g/mol. The highest BCUT2D eigenvalue weighted by atomic mass is 32.1. The van der Waals surface area contributed by atoms with E-state index in [1.165, 1.54) is 11.3 Å². The average Bonchev–Trinajstić information content (AvgIpc) is 3.30. The molecule has 27 heavy (non-hydrogen) atoms. The Hall–Kier alpha value is -2.36. The van der Waals surface area contributed by atoms with Crippen LogP contribution >= 0.6 is 11.3 Å². The fourth-order valence-electron chi connectivity index (χ4n) is 2.78. The van der Waals surface area contributed by atoms with Gasteiger partial charge in [0, 0.05) is 43.6 Å². The first kappa shape index (κ1) is 19.4. The van der Waals surface area contributed by atoms with Gasteiger partial charge in [0.2, 0.25) is 10.9 Å². The first-order valence-electron chi connectivity index (χ1n) is 9.05. The van der Waals surface area contributed by atoms with Gasteiger partial charge in [-0.2, -0.15) is 0 Å². The van der Waals surface area contributed by atoms with E-state index in [0.717, 1.165) is 17.2 Å². The van der Waals surface area contributed by atoms with Crippen LogP contribution < -0.4 is 21.5 Å². The van der Waals surface area contributed by atoms with Gasteiger partial charge in [-0.25, -0.2) is 0 Å². The number of aromatic nitrogens is 2. The van der Waals surface area contributed by atoms with Gasteiger partial charge in [0.1, 0.15) is 5.01 Å². The van der Waals surface area contributed by atoms with Crippen molar-refractivity contribution in [2.24, 2.45) is 5.92 Å². The first-order valence-corrected chi connectivity index (χ1v) is 9.87. The maximum Gasteiger partial charge on any atom is 0.286 e. The summed E-state index contributed by atoms with van der Waals surface area (Å²) in [6.45, 7) is 3.63. The number of hydrogen-bond donors (Lipinski definition) is 4. The molecule has 2 unspecified atom stereocenters. The van der Waals surface area contributed by atoms with Crippen LogP contribution in [0.5, 0.6) is 0 Å². The van der Waals surface area contributed by atoms with Crippen LogP contribution in [0.2, 0.25) is 0 Å². The van der Waals surface area contributed by atoms with E-state index in [1.54, 1.807) is 0 Å². The topological polar surface area (TPSA) is 108 Å². The number of carbonyl (C=O) groups is 2. The SMILES string of the molecule is CC1NNCC1CNC(=O)CCCc1nnc(C(=O)Nc2ccccc2)s1. The summed E-state index contributed by atoms with van der Waals surface area (Å²) in [5.74, 6) is 0.180. The first-order chi connectivity index (χ1) is 13.1. The molecule has 2 amide bonds. The van der Waals surface area contributed by atoms with Crippen LogP contribution in [0.25, 0.3) is 0 Å². The van der Waals surface area contributed by atoms with Gasteiger partial charge in [0.15, 0.2) is 0 Å². The third kappa shape index (κ3) is 5.81. The summed E-state index contributed by atoms with van der Waals surface area (Å²) in [6, 6.07) is 9.58. The zero-order valence-electron chi connectivity index (χ0n) is 15.2. The van der Waals surface area contributed by atoms with Crippen LogP contribution in [0.15, 0.2) is 30.3 Å². The lowest BCUT2D eigenvalue weighted by molar-refractivity contribution is -0.121. The molecule has 1 aliphatic rings. The number of hydrazine groups is 1. The number of benzene rings is 1. The van der Waals surface area contributed by atoms with Gasteiger partial charge < -0.3 is 10.6 Å². The van der Waals surface area contributed by atoms with Crippen molar-refractivity contribution in [2.75, 3.05) is 18.4 Å². The van der Waals surface area contributed by atoms with Crippen molar-refractivity contribution >= 4 is 28.8 Å². The molecule has 0 saturated carbocycles. The molecule has 0 radical (unpaired) electrons. The molecule has 1 aromatic heterocycles. The second-order valence-corrected chi connectivity index (χ2v) is 7.61.